The van der Waals surface area contributed by atoms with Crippen molar-refractivity contribution in [2.75, 3.05) is 20.6 Å². The average molecular weight is 155 g/mol. The molecule has 66 valence electrons. The molecule has 0 aromatic rings. The quantitative estimate of drug-likeness (QED) is 0.551. The van der Waals surface area contributed by atoms with Crippen molar-refractivity contribution in [3.63, 3.8) is 0 Å². The van der Waals surface area contributed by atoms with Gasteiger partial charge in [-0.15, -0.1) is 0 Å². The molecule has 1 atom stereocenters. The monoisotopic (exact) mass is 155 g/mol. The third-order valence-electron chi connectivity index (χ3n) is 2.16. The summed E-state index contributed by atoms with van der Waals surface area (Å²) in [6.45, 7) is 9.63. The molecule has 0 N–H and O–H groups in total. The van der Waals surface area contributed by atoms with Gasteiger partial charge in [0.2, 0.25) is 0 Å². The Labute approximate surface area is 71.1 Å². The molecule has 0 heterocycles. The molecular weight excluding hydrogens is 134 g/mol. The minimum Gasteiger partial charge on any atom is -0.309 e. The fourth-order valence-electron chi connectivity index (χ4n) is 1.00. The van der Waals surface area contributed by atoms with Crippen LogP contribution in [0, 0.1) is 5.92 Å². The minimum atomic E-state index is 0.683. The number of hydrogen-bond donors (Lipinski definition) is 0. The first-order valence-electron chi connectivity index (χ1n) is 4.40. The van der Waals surface area contributed by atoms with Crippen LogP contribution in [0.1, 0.15) is 26.7 Å². The number of hydrogen-bond acceptors (Lipinski definition) is 1. The fourth-order valence-corrected chi connectivity index (χ4v) is 1.00. The summed E-state index contributed by atoms with van der Waals surface area (Å²) in [5, 5.41) is 0. The van der Waals surface area contributed by atoms with E-state index in [0.717, 1.165) is 6.42 Å². The smallest absolute Gasteiger partial charge is 0.00192 e. The molecule has 11 heavy (non-hydrogen) atoms. The van der Waals surface area contributed by atoms with Gasteiger partial charge in [0.15, 0.2) is 0 Å². The summed E-state index contributed by atoms with van der Waals surface area (Å²) in [5.74, 6) is 0.683. The van der Waals surface area contributed by atoms with Gasteiger partial charge in [-0.05, 0) is 39.4 Å². The van der Waals surface area contributed by atoms with Crippen LogP contribution in [0.5, 0.6) is 0 Å². The van der Waals surface area contributed by atoms with Gasteiger partial charge in [-0.1, -0.05) is 26.0 Å². The predicted octanol–water partition coefficient (Wildman–Crippen LogP) is 2.54. The van der Waals surface area contributed by atoms with Gasteiger partial charge < -0.3 is 4.90 Å². The zero-order valence-electron chi connectivity index (χ0n) is 8.35. The van der Waals surface area contributed by atoms with Crippen molar-refractivity contribution in [2.45, 2.75) is 26.7 Å². The molecule has 0 aliphatic carbocycles. The minimum absolute atomic E-state index is 0.683. The topological polar surface area (TPSA) is 3.24 Å². The van der Waals surface area contributed by atoms with Crippen molar-refractivity contribution in [1.82, 2.24) is 4.90 Å². The standard InChI is InChI=1S/C10H21N/c1-6-9(2)10(3)7-8-11(4)5/h10H,2,6-8H2,1,3-5H3. The highest BCUT2D eigenvalue weighted by atomic mass is 15.0. The lowest BCUT2D eigenvalue weighted by molar-refractivity contribution is 0.374. The molecule has 0 rings (SSSR count). The molecule has 0 amide bonds. The summed E-state index contributed by atoms with van der Waals surface area (Å²) in [7, 11) is 4.23. The van der Waals surface area contributed by atoms with Crippen LogP contribution in [0.3, 0.4) is 0 Å². The van der Waals surface area contributed by atoms with Gasteiger partial charge in [0.1, 0.15) is 0 Å². The van der Waals surface area contributed by atoms with Gasteiger partial charge in [-0.25, -0.2) is 0 Å². The van der Waals surface area contributed by atoms with Gasteiger partial charge in [-0.2, -0.15) is 0 Å². The maximum Gasteiger partial charge on any atom is -0.00192 e. The number of nitrogens with zero attached hydrogens (tertiary/aromatic N) is 1. The first-order valence-corrected chi connectivity index (χ1v) is 4.40. The molecule has 0 aromatic carbocycles. The molecule has 0 bridgehead atoms. The third kappa shape index (κ3) is 5.02. The largest absolute Gasteiger partial charge is 0.309 e. The molecule has 1 nitrogen and oxygen atoms in total. The molecular formula is C10H21N. The van der Waals surface area contributed by atoms with Gasteiger partial charge in [0.05, 0.1) is 0 Å². The molecule has 0 aliphatic rings. The van der Waals surface area contributed by atoms with Crippen molar-refractivity contribution >= 4 is 0 Å². The lowest BCUT2D eigenvalue weighted by Gasteiger charge is -2.16. The predicted molar refractivity (Wildman–Crippen MR) is 51.8 cm³/mol. The second-order valence-corrected chi connectivity index (χ2v) is 3.50. The Morgan fingerprint density at radius 1 is 1.45 bits per heavy atom. The van der Waals surface area contributed by atoms with Crippen LogP contribution in [0.25, 0.3) is 0 Å². The van der Waals surface area contributed by atoms with Crippen LogP contribution in [-0.4, -0.2) is 25.5 Å². The van der Waals surface area contributed by atoms with Crippen LogP contribution in [-0.2, 0) is 0 Å². The van der Waals surface area contributed by atoms with E-state index < -0.39 is 0 Å². The zero-order valence-corrected chi connectivity index (χ0v) is 8.35. The Bertz CT molecular complexity index is 116. The van der Waals surface area contributed by atoms with Gasteiger partial charge in [0, 0.05) is 0 Å². The lowest BCUT2D eigenvalue weighted by Crippen LogP contribution is -2.16. The molecule has 1 heteroatoms. The van der Waals surface area contributed by atoms with Crippen molar-refractivity contribution in [3.8, 4) is 0 Å². The average Bonchev–Trinajstić information content (AvgIpc) is 1.98. The number of rotatable bonds is 5. The molecule has 1 unspecified atom stereocenters. The molecule has 0 spiro atoms. The highest BCUT2D eigenvalue weighted by Crippen LogP contribution is 2.15. The van der Waals surface area contributed by atoms with E-state index in [2.05, 4.69) is 39.4 Å². The first kappa shape index (κ1) is 10.7. The van der Waals surface area contributed by atoms with Crippen LogP contribution >= 0.6 is 0 Å². The molecule has 0 fully saturated rings. The SMILES string of the molecule is C=C(CC)C(C)CCN(C)C. The lowest BCUT2D eigenvalue weighted by atomic mass is 9.97. The normalized spacial score (nSPS) is 13.5. The summed E-state index contributed by atoms with van der Waals surface area (Å²) in [6, 6.07) is 0. The van der Waals surface area contributed by atoms with E-state index in [1.807, 2.05) is 0 Å². The summed E-state index contributed by atoms with van der Waals surface area (Å²) in [4.78, 5) is 2.22. The van der Waals surface area contributed by atoms with Crippen LogP contribution < -0.4 is 0 Å². The van der Waals surface area contributed by atoms with Crippen molar-refractivity contribution < 1.29 is 0 Å². The van der Waals surface area contributed by atoms with Gasteiger partial charge in [0.25, 0.3) is 0 Å². The Morgan fingerprint density at radius 2 is 2.00 bits per heavy atom. The second kappa shape index (κ2) is 5.36. The maximum atomic E-state index is 4.03. The molecule has 0 saturated carbocycles. The Hall–Kier alpha value is -0.300. The van der Waals surface area contributed by atoms with E-state index in [9.17, 15) is 0 Å². The second-order valence-electron chi connectivity index (χ2n) is 3.50. The van der Waals surface area contributed by atoms with Gasteiger partial charge >= 0.3 is 0 Å². The molecule has 0 saturated heterocycles. The first-order chi connectivity index (χ1) is 5.07. The van der Waals surface area contributed by atoms with E-state index in [1.54, 1.807) is 0 Å². The van der Waals surface area contributed by atoms with Crippen molar-refractivity contribution in [2.24, 2.45) is 5.92 Å². The van der Waals surface area contributed by atoms with E-state index in [0.29, 0.717) is 5.92 Å². The van der Waals surface area contributed by atoms with E-state index in [-0.39, 0.29) is 0 Å². The molecule has 0 aromatic heterocycles. The Balaban J connectivity index is 3.52. The summed E-state index contributed by atoms with van der Waals surface area (Å²) >= 11 is 0. The molecule has 0 aliphatic heterocycles. The van der Waals surface area contributed by atoms with Crippen LogP contribution in [0.2, 0.25) is 0 Å². The Morgan fingerprint density at radius 3 is 2.36 bits per heavy atom. The van der Waals surface area contributed by atoms with E-state index in [4.69, 9.17) is 0 Å². The molecule has 0 radical (unpaired) electrons. The van der Waals surface area contributed by atoms with E-state index >= 15 is 0 Å². The highest BCUT2D eigenvalue weighted by Gasteiger charge is 2.04. The van der Waals surface area contributed by atoms with Gasteiger partial charge in [-0.3, -0.25) is 0 Å². The maximum absolute atomic E-state index is 4.03. The van der Waals surface area contributed by atoms with Crippen LogP contribution in [0.4, 0.5) is 0 Å². The summed E-state index contributed by atoms with van der Waals surface area (Å²) in [6.07, 6.45) is 2.36. The van der Waals surface area contributed by atoms with Crippen LogP contribution in [0.15, 0.2) is 12.2 Å². The van der Waals surface area contributed by atoms with E-state index in [1.165, 1.54) is 18.5 Å². The highest BCUT2D eigenvalue weighted by molar-refractivity contribution is 4.97. The zero-order chi connectivity index (χ0) is 8.85. The summed E-state index contributed by atoms with van der Waals surface area (Å²) in [5.41, 5.74) is 1.38. The third-order valence-corrected chi connectivity index (χ3v) is 2.16. The summed E-state index contributed by atoms with van der Waals surface area (Å²) < 4.78 is 0. The van der Waals surface area contributed by atoms with Crippen molar-refractivity contribution in [3.05, 3.63) is 12.2 Å². The fraction of sp³-hybridized carbons (Fsp3) is 0.800. The Kier molecular flexibility index (Phi) is 5.22. The van der Waals surface area contributed by atoms with Crippen molar-refractivity contribution in [1.29, 1.82) is 0 Å². The number of allylic oxidation sites excluding steroid dienone is 1.